The zero-order valence-electron chi connectivity index (χ0n) is 11.0. The number of H-pyrrole nitrogens is 1. The van der Waals surface area contributed by atoms with Crippen molar-refractivity contribution < 1.29 is 13.2 Å². The standard InChI is InChI=1S/C14H13N3O3S/c18-14(17-10-5-8-21(19,20)9-10)12-4-2-1-3-11(12)13-15-6-7-16-13/h1-8,10H,9H2,(H,15,16)(H,17,18)/t10-/m0/s1. The number of nitrogens with one attached hydrogen (secondary N) is 2. The van der Waals surface area contributed by atoms with Gasteiger partial charge in [-0.1, -0.05) is 18.2 Å². The van der Waals surface area contributed by atoms with Gasteiger partial charge in [-0.05, 0) is 12.1 Å². The van der Waals surface area contributed by atoms with E-state index in [1.807, 2.05) is 6.07 Å². The van der Waals surface area contributed by atoms with Gasteiger partial charge in [0.15, 0.2) is 9.84 Å². The number of carbonyl (C=O) groups is 1. The number of amides is 1. The Balaban J connectivity index is 1.85. The number of carbonyl (C=O) groups excluding carboxylic acids is 1. The van der Waals surface area contributed by atoms with Crippen LogP contribution >= 0.6 is 0 Å². The molecule has 0 fully saturated rings. The van der Waals surface area contributed by atoms with E-state index in [2.05, 4.69) is 15.3 Å². The first kappa shape index (κ1) is 13.6. The van der Waals surface area contributed by atoms with Gasteiger partial charge in [-0.15, -0.1) is 0 Å². The van der Waals surface area contributed by atoms with Gasteiger partial charge in [-0.3, -0.25) is 4.79 Å². The van der Waals surface area contributed by atoms with Crippen molar-refractivity contribution in [2.24, 2.45) is 0 Å². The van der Waals surface area contributed by atoms with Crippen molar-refractivity contribution in [1.29, 1.82) is 0 Å². The number of hydrogen-bond donors (Lipinski definition) is 2. The van der Waals surface area contributed by atoms with Crippen LogP contribution in [0.25, 0.3) is 11.4 Å². The zero-order chi connectivity index (χ0) is 14.9. The molecule has 1 aromatic carbocycles. The van der Waals surface area contributed by atoms with Gasteiger partial charge in [0.25, 0.3) is 5.91 Å². The first-order valence-electron chi connectivity index (χ1n) is 6.36. The Morgan fingerprint density at radius 3 is 2.81 bits per heavy atom. The van der Waals surface area contributed by atoms with Gasteiger partial charge in [0.2, 0.25) is 0 Å². The molecule has 1 atom stereocenters. The highest BCUT2D eigenvalue weighted by Crippen LogP contribution is 2.20. The molecular formula is C14H13N3O3S. The van der Waals surface area contributed by atoms with Crippen LogP contribution in [0.15, 0.2) is 48.1 Å². The lowest BCUT2D eigenvalue weighted by Gasteiger charge is -2.12. The predicted molar refractivity (Wildman–Crippen MR) is 78.2 cm³/mol. The number of imidazole rings is 1. The van der Waals surface area contributed by atoms with Gasteiger partial charge >= 0.3 is 0 Å². The van der Waals surface area contributed by atoms with Crippen molar-refractivity contribution in [2.75, 3.05) is 5.75 Å². The molecule has 0 saturated carbocycles. The molecule has 1 aliphatic rings. The Morgan fingerprint density at radius 1 is 1.33 bits per heavy atom. The number of nitrogens with zero attached hydrogens (tertiary/aromatic N) is 1. The van der Waals surface area contributed by atoms with Gasteiger partial charge < -0.3 is 10.3 Å². The topological polar surface area (TPSA) is 91.9 Å². The first-order chi connectivity index (χ1) is 10.1. The third-order valence-electron chi connectivity index (χ3n) is 3.17. The largest absolute Gasteiger partial charge is 0.345 e. The molecule has 1 aromatic heterocycles. The van der Waals surface area contributed by atoms with Crippen LogP contribution in [-0.2, 0) is 9.84 Å². The number of aromatic amines is 1. The molecule has 2 heterocycles. The maximum atomic E-state index is 12.3. The first-order valence-corrected chi connectivity index (χ1v) is 8.07. The maximum absolute atomic E-state index is 12.3. The van der Waals surface area contributed by atoms with Crippen LogP contribution < -0.4 is 5.32 Å². The summed E-state index contributed by atoms with van der Waals surface area (Å²) in [6, 6.07) is 6.54. The summed E-state index contributed by atoms with van der Waals surface area (Å²) in [6.07, 6.45) is 4.77. The molecule has 0 spiro atoms. The summed E-state index contributed by atoms with van der Waals surface area (Å²) in [7, 11) is -3.19. The third kappa shape index (κ3) is 2.87. The lowest BCUT2D eigenvalue weighted by molar-refractivity contribution is 0.0948. The van der Waals surface area contributed by atoms with E-state index < -0.39 is 15.9 Å². The summed E-state index contributed by atoms with van der Waals surface area (Å²) >= 11 is 0. The minimum atomic E-state index is -3.19. The molecular weight excluding hydrogens is 290 g/mol. The van der Waals surface area contributed by atoms with Crippen LogP contribution in [0.1, 0.15) is 10.4 Å². The number of rotatable bonds is 3. The van der Waals surface area contributed by atoms with Gasteiger partial charge in [0.05, 0.1) is 17.4 Å². The zero-order valence-corrected chi connectivity index (χ0v) is 11.8. The van der Waals surface area contributed by atoms with E-state index in [0.717, 1.165) is 5.41 Å². The highest BCUT2D eigenvalue weighted by molar-refractivity contribution is 7.94. The van der Waals surface area contributed by atoms with Crippen LogP contribution in [0.3, 0.4) is 0 Å². The Labute approximate surface area is 121 Å². The molecule has 2 N–H and O–H groups in total. The van der Waals surface area contributed by atoms with Crippen LogP contribution in [-0.4, -0.2) is 36.1 Å². The van der Waals surface area contributed by atoms with Crippen LogP contribution in [0.5, 0.6) is 0 Å². The van der Waals surface area contributed by atoms with Gasteiger partial charge in [-0.2, -0.15) is 0 Å². The second kappa shape index (κ2) is 5.17. The van der Waals surface area contributed by atoms with Gasteiger partial charge in [0, 0.05) is 23.4 Å². The highest BCUT2D eigenvalue weighted by Gasteiger charge is 2.24. The van der Waals surface area contributed by atoms with E-state index in [-0.39, 0.29) is 11.7 Å². The molecule has 6 nitrogen and oxygen atoms in total. The highest BCUT2D eigenvalue weighted by atomic mass is 32.2. The summed E-state index contributed by atoms with van der Waals surface area (Å²) in [5.74, 6) is 0.172. The van der Waals surface area contributed by atoms with Crippen molar-refractivity contribution in [2.45, 2.75) is 6.04 Å². The van der Waals surface area contributed by atoms with E-state index in [1.54, 1.807) is 30.6 Å². The average molecular weight is 303 g/mol. The fourth-order valence-corrected chi connectivity index (χ4v) is 3.45. The number of hydrogen-bond acceptors (Lipinski definition) is 4. The van der Waals surface area contributed by atoms with Crippen molar-refractivity contribution in [3.05, 3.63) is 53.7 Å². The number of benzene rings is 1. The lowest BCUT2D eigenvalue weighted by Crippen LogP contribution is -2.35. The van der Waals surface area contributed by atoms with Gasteiger partial charge in [0.1, 0.15) is 5.82 Å². The van der Waals surface area contributed by atoms with Crippen LogP contribution in [0, 0.1) is 0 Å². The summed E-state index contributed by atoms with van der Waals surface area (Å²) in [5, 5.41) is 3.84. The van der Waals surface area contributed by atoms with Gasteiger partial charge in [-0.25, -0.2) is 13.4 Å². The van der Waals surface area contributed by atoms with E-state index >= 15 is 0 Å². The molecule has 0 saturated heterocycles. The third-order valence-corrected chi connectivity index (χ3v) is 4.57. The molecule has 7 heteroatoms. The molecule has 21 heavy (non-hydrogen) atoms. The average Bonchev–Trinajstić information content (AvgIpc) is 3.08. The molecule has 0 bridgehead atoms. The maximum Gasteiger partial charge on any atom is 0.252 e. The van der Waals surface area contributed by atoms with E-state index in [4.69, 9.17) is 0 Å². The summed E-state index contributed by atoms with van der Waals surface area (Å²) in [5.41, 5.74) is 1.12. The Morgan fingerprint density at radius 2 is 2.14 bits per heavy atom. The van der Waals surface area contributed by atoms with Crippen molar-refractivity contribution in [3.63, 3.8) is 0 Å². The number of aromatic nitrogens is 2. The van der Waals surface area contributed by atoms with Crippen molar-refractivity contribution in [3.8, 4) is 11.4 Å². The van der Waals surface area contributed by atoms with E-state index in [1.165, 1.54) is 6.08 Å². The second-order valence-corrected chi connectivity index (χ2v) is 6.65. The minimum Gasteiger partial charge on any atom is -0.345 e. The van der Waals surface area contributed by atoms with E-state index in [0.29, 0.717) is 17.0 Å². The summed E-state index contributed by atoms with van der Waals surface area (Å²) in [6.45, 7) is 0. The minimum absolute atomic E-state index is 0.0956. The fraction of sp³-hybridized carbons (Fsp3) is 0.143. The number of sulfone groups is 1. The smallest absolute Gasteiger partial charge is 0.252 e. The molecule has 3 rings (SSSR count). The Kier molecular flexibility index (Phi) is 3.34. The molecule has 1 amide bonds. The Bertz CT molecular complexity index is 795. The fourth-order valence-electron chi connectivity index (χ4n) is 2.21. The molecule has 1 aliphatic heterocycles. The second-order valence-electron chi connectivity index (χ2n) is 4.72. The van der Waals surface area contributed by atoms with Crippen molar-refractivity contribution >= 4 is 15.7 Å². The Hall–Kier alpha value is -2.41. The molecule has 0 unspecified atom stereocenters. The summed E-state index contributed by atoms with van der Waals surface area (Å²) in [4.78, 5) is 19.4. The quantitative estimate of drug-likeness (QED) is 0.888. The SMILES string of the molecule is O=C(N[C@H]1C=CS(=O)(=O)C1)c1ccccc1-c1ncc[nH]1. The van der Waals surface area contributed by atoms with Crippen LogP contribution in [0.4, 0.5) is 0 Å². The molecule has 108 valence electrons. The van der Waals surface area contributed by atoms with Crippen LogP contribution in [0.2, 0.25) is 0 Å². The van der Waals surface area contributed by atoms with Crippen molar-refractivity contribution in [1.82, 2.24) is 15.3 Å². The summed E-state index contributed by atoms with van der Waals surface area (Å²) < 4.78 is 22.7. The lowest BCUT2D eigenvalue weighted by atomic mass is 10.1. The molecule has 2 aromatic rings. The monoisotopic (exact) mass is 303 g/mol. The molecule has 0 radical (unpaired) electrons. The normalized spacial score (nSPS) is 19.5. The molecule has 0 aliphatic carbocycles. The van der Waals surface area contributed by atoms with E-state index in [9.17, 15) is 13.2 Å². The predicted octanol–water partition coefficient (Wildman–Crippen LogP) is 1.12.